The number of hydrogen-bond donors (Lipinski definition) is 1. The van der Waals surface area contributed by atoms with Gasteiger partial charge in [-0.1, -0.05) is 0 Å². The van der Waals surface area contributed by atoms with Crippen LogP contribution in [0.25, 0.3) is 22.7 Å². The standard InChI is InChI=1S/C12H12N4O/c1-7-5-10(16(2)15-7)12-14-9-6-8(13)3-4-11(9)17-12/h3-6H,13H2,1-2H3. The van der Waals surface area contributed by atoms with Gasteiger partial charge in [-0.15, -0.1) is 0 Å². The first-order valence-corrected chi connectivity index (χ1v) is 5.30. The lowest BCUT2D eigenvalue weighted by Gasteiger charge is -1.93. The second kappa shape index (κ2) is 3.35. The second-order valence-corrected chi connectivity index (χ2v) is 4.04. The van der Waals surface area contributed by atoms with Gasteiger partial charge in [-0.05, 0) is 31.2 Å². The highest BCUT2D eigenvalue weighted by molar-refractivity contribution is 5.79. The Balaban J connectivity index is 2.21. The number of oxazole rings is 1. The Labute approximate surface area is 97.9 Å². The van der Waals surface area contributed by atoms with Gasteiger partial charge in [0, 0.05) is 12.7 Å². The van der Waals surface area contributed by atoms with Crippen molar-refractivity contribution in [1.29, 1.82) is 0 Å². The molecule has 0 aliphatic heterocycles. The van der Waals surface area contributed by atoms with E-state index in [2.05, 4.69) is 10.1 Å². The van der Waals surface area contributed by atoms with Gasteiger partial charge in [0.15, 0.2) is 5.58 Å². The molecular formula is C12H12N4O. The Morgan fingerprint density at radius 3 is 2.82 bits per heavy atom. The number of benzene rings is 1. The molecule has 0 atom stereocenters. The van der Waals surface area contributed by atoms with Crippen LogP contribution < -0.4 is 5.73 Å². The molecule has 5 heteroatoms. The normalized spacial score (nSPS) is 11.2. The summed E-state index contributed by atoms with van der Waals surface area (Å²) in [5.74, 6) is 0.564. The van der Waals surface area contributed by atoms with Crippen LogP contribution in [0.5, 0.6) is 0 Å². The van der Waals surface area contributed by atoms with Gasteiger partial charge < -0.3 is 10.2 Å². The number of aromatic nitrogens is 3. The first-order valence-electron chi connectivity index (χ1n) is 5.30. The zero-order chi connectivity index (χ0) is 12.0. The van der Waals surface area contributed by atoms with Crippen LogP contribution in [0.4, 0.5) is 5.69 Å². The molecule has 2 heterocycles. The molecule has 3 rings (SSSR count). The topological polar surface area (TPSA) is 69.9 Å². The molecule has 1 aromatic carbocycles. The lowest BCUT2D eigenvalue weighted by Crippen LogP contribution is -1.93. The minimum absolute atomic E-state index is 0.564. The van der Waals surface area contributed by atoms with E-state index >= 15 is 0 Å². The second-order valence-electron chi connectivity index (χ2n) is 4.04. The van der Waals surface area contributed by atoms with Crippen LogP contribution in [-0.4, -0.2) is 14.8 Å². The number of hydrogen-bond acceptors (Lipinski definition) is 4. The smallest absolute Gasteiger partial charge is 0.245 e. The molecule has 0 fully saturated rings. The third-order valence-electron chi connectivity index (χ3n) is 2.63. The van der Waals surface area contributed by atoms with Crippen molar-refractivity contribution in [2.24, 2.45) is 7.05 Å². The monoisotopic (exact) mass is 228 g/mol. The zero-order valence-electron chi connectivity index (χ0n) is 9.64. The Hall–Kier alpha value is -2.30. The van der Waals surface area contributed by atoms with E-state index in [0.717, 1.165) is 22.5 Å². The van der Waals surface area contributed by atoms with Crippen LogP contribution in [-0.2, 0) is 7.05 Å². The maximum Gasteiger partial charge on any atom is 0.245 e. The summed E-state index contributed by atoms with van der Waals surface area (Å²) in [5, 5.41) is 4.27. The van der Waals surface area contributed by atoms with Gasteiger partial charge in [-0.3, -0.25) is 4.68 Å². The van der Waals surface area contributed by atoms with Crippen LogP contribution >= 0.6 is 0 Å². The Morgan fingerprint density at radius 2 is 2.12 bits per heavy atom. The van der Waals surface area contributed by atoms with Crippen molar-refractivity contribution in [2.45, 2.75) is 6.92 Å². The van der Waals surface area contributed by atoms with Crippen LogP contribution in [0.15, 0.2) is 28.7 Å². The average molecular weight is 228 g/mol. The van der Waals surface area contributed by atoms with Gasteiger partial charge in [-0.2, -0.15) is 5.10 Å². The van der Waals surface area contributed by atoms with Crippen LogP contribution in [0.2, 0.25) is 0 Å². The average Bonchev–Trinajstić information content (AvgIpc) is 2.80. The number of anilines is 1. The number of rotatable bonds is 1. The van der Waals surface area contributed by atoms with Crippen molar-refractivity contribution >= 4 is 16.8 Å². The number of fused-ring (bicyclic) bond motifs is 1. The number of nitrogens with two attached hydrogens (primary N) is 1. The summed E-state index contributed by atoms with van der Waals surface area (Å²) >= 11 is 0. The fourth-order valence-electron chi connectivity index (χ4n) is 1.86. The Morgan fingerprint density at radius 1 is 1.29 bits per heavy atom. The first-order chi connectivity index (χ1) is 8.13. The zero-order valence-corrected chi connectivity index (χ0v) is 9.64. The molecule has 0 bridgehead atoms. The predicted molar refractivity (Wildman–Crippen MR) is 65.4 cm³/mol. The summed E-state index contributed by atoms with van der Waals surface area (Å²) in [6.07, 6.45) is 0. The van der Waals surface area contributed by atoms with E-state index in [1.165, 1.54) is 0 Å². The highest BCUT2D eigenvalue weighted by atomic mass is 16.3. The number of nitrogen functional groups attached to an aromatic ring is 1. The molecule has 0 radical (unpaired) electrons. The molecule has 86 valence electrons. The molecule has 0 spiro atoms. The van der Waals surface area contributed by atoms with Gasteiger partial charge in [-0.25, -0.2) is 4.98 Å². The minimum Gasteiger partial charge on any atom is -0.435 e. The third kappa shape index (κ3) is 1.56. The van der Waals surface area contributed by atoms with E-state index in [1.807, 2.05) is 26.1 Å². The highest BCUT2D eigenvalue weighted by Crippen LogP contribution is 2.25. The molecule has 5 nitrogen and oxygen atoms in total. The van der Waals surface area contributed by atoms with E-state index in [9.17, 15) is 0 Å². The van der Waals surface area contributed by atoms with Crippen molar-refractivity contribution in [3.63, 3.8) is 0 Å². The van der Waals surface area contributed by atoms with E-state index in [-0.39, 0.29) is 0 Å². The highest BCUT2D eigenvalue weighted by Gasteiger charge is 2.12. The minimum atomic E-state index is 0.564. The molecule has 2 N–H and O–H groups in total. The number of aryl methyl sites for hydroxylation is 2. The maximum atomic E-state index is 5.71. The SMILES string of the molecule is Cc1cc(-c2nc3cc(N)ccc3o2)n(C)n1. The molecule has 0 saturated heterocycles. The van der Waals surface area contributed by atoms with Crippen molar-refractivity contribution in [3.05, 3.63) is 30.0 Å². The molecule has 2 aromatic heterocycles. The van der Waals surface area contributed by atoms with Crippen molar-refractivity contribution in [1.82, 2.24) is 14.8 Å². The number of nitrogens with zero attached hydrogens (tertiary/aromatic N) is 3. The summed E-state index contributed by atoms with van der Waals surface area (Å²) in [5.41, 5.74) is 9.67. The Kier molecular flexibility index (Phi) is 1.95. The lowest BCUT2D eigenvalue weighted by atomic mass is 10.3. The van der Waals surface area contributed by atoms with Crippen molar-refractivity contribution in [3.8, 4) is 11.6 Å². The van der Waals surface area contributed by atoms with E-state index in [4.69, 9.17) is 10.2 Å². The van der Waals surface area contributed by atoms with Gasteiger partial charge in [0.2, 0.25) is 5.89 Å². The molecule has 17 heavy (non-hydrogen) atoms. The van der Waals surface area contributed by atoms with Crippen molar-refractivity contribution < 1.29 is 4.42 Å². The fraction of sp³-hybridized carbons (Fsp3) is 0.167. The predicted octanol–water partition coefficient (Wildman–Crippen LogP) is 2.12. The van der Waals surface area contributed by atoms with Crippen LogP contribution in [0.1, 0.15) is 5.69 Å². The molecule has 0 amide bonds. The van der Waals surface area contributed by atoms with Gasteiger partial charge in [0.1, 0.15) is 11.2 Å². The van der Waals surface area contributed by atoms with E-state index < -0.39 is 0 Å². The maximum absolute atomic E-state index is 5.71. The lowest BCUT2D eigenvalue weighted by molar-refractivity contribution is 0.606. The Bertz CT molecular complexity index is 696. The first kappa shape index (κ1) is 9.89. The van der Waals surface area contributed by atoms with Gasteiger partial charge in [0.05, 0.1) is 5.69 Å². The fourth-order valence-corrected chi connectivity index (χ4v) is 1.86. The third-order valence-corrected chi connectivity index (χ3v) is 2.63. The molecule has 0 saturated carbocycles. The van der Waals surface area contributed by atoms with Crippen molar-refractivity contribution in [2.75, 3.05) is 5.73 Å². The van der Waals surface area contributed by atoms with E-state index in [0.29, 0.717) is 11.6 Å². The van der Waals surface area contributed by atoms with Crippen LogP contribution in [0.3, 0.4) is 0 Å². The molecule has 0 unspecified atom stereocenters. The van der Waals surface area contributed by atoms with E-state index in [1.54, 1.807) is 16.8 Å². The summed E-state index contributed by atoms with van der Waals surface area (Å²) in [4.78, 5) is 4.41. The molecule has 3 aromatic rings. The summed E-state index contributed by atoms with van der Waals surface area (Å²) in [6, 6.07) is 7.36. The summed E-state index contributed by atoms with van der Waals surface area (Å²) in [6.45, 7) is 1.93. The summed E-state index contributed by atoms with van der Waals surface area (Å²) in [7, 11) is 1.87. The molecule has 0 aliphatic rings. The molecular weight excluding hydrogens is 216 g/mol. The summed E-state index contributed by atoms with van der Waals surface area (Å²) < 4.78 is 7.43. The van der Waals surface area contributed by atoms with Gasteiger partial charge in [0.25, 0.3) is 0 Å². The quantitative estimate of drug-likeness (QED) is 0.647. The van der Waals surface area contributed by atoms with Crippen LogP contribution in [0, 0.1) is 6.92 Å². The molecule has 0 aliphatic carbocycles. The van der Waals surface area contributed by atoms with Gasteiger partial charge >= 0.3 is 0 Å². The largest absolute Gasteiger partial charge is 0.435 e.